The van der Waals surface area contributed by atoms with Crippen LogP contribution in [-0.4, -0.2) is 16.5 Å². The van der Waals surface area contributed by atoms with Crippen LogP contribution in [0, 0.1) is 17.1 Å². The molecule has 1 fully saturated rings. The second-order valence-corrected chi connectivity index (χ2v) is 6.35. The molecule has 1 aromatic carbocycles. The lowest BCUT2D eigenvalue weighted by atomic mass is 10.0. The number of nitrogens with one attached hydrogen (secondary N) is 1. The summed E-state index contributed by atoms with van der Waals surface area (Å²) in [4.78, 5) is 10.4. The van der Waals surface area contributed by atoms with Crippen LogP contribution < -0.4 is 4.90 Å². The summed E-state index contributed by atoms with van der Waals surface area (Å²) in [5.74, 6) is 0.525. The molecular formula is C18H19FN4. The number of aryl methyl sites for hydroxylation is 2. The zero-order valence-corrected chi connectivity index (χ0v) is 13.0. The molecule has 0 bridgehead atoms. The van der Waals surface area contributed by atoms with Crippen molar-refractivity contribution >= 4 is 5.69 Å². The van der Waals surface area contributed by atoms with Gasteiger partial charge in [-0.3, -0.25) is 0 Å². The summed E-state index contributed by atoms with van der Waals surface area (Å²) in [6.07, 6.45) is 6.53. The second kappa shape index (κ2) is 5.69. The van der Waals surface area contributed by atoms with E-state index in [4.69, 9.17) is 4.98 Å². The van der Waals surface area contributed by atoms with Crippen LogP contribution in [0.25, 0.3) is 0 Å². The maximum atomic E-state index is 13.9. The topological polar surface area (TPSA) is 55.7 Å². The van der Waals surface area contributed by atoms with Gasteiger partial charge in [0.1, 0.15) is 23.3 Å². The van der Waals surface area contributed by atoms with Crippen molar-refractivity contribution in [3.05, 3.63) is 46.8 Å². The van der Waals surface area contributed by atoms with Crippen molar-refractivity contribution < 1.29 is 4.39 Å². The Morgan fingerprint density at radius 1 is 1.26 bits per heavy atom. The Kier molecular flexibility index (Phi) is 3.53. The van der Waals surface area contributed by atoms with E-state index in [2.05, 4.69) is 9.88 Å². The first-order valence-corrected chi connectivity index (χ1v) is 8.31. The third-order valence-corrected chi connectivity index (χ3v) is 4.95. The van der Waals surface area contributed by atoms with Crippen molar-refractivity contribution in [1.29, 1.82) is 5.26 Å². The molecule has 0 unspecified atom stereocenters. The number of nitriles is 1. The summed E-state index contributed by atoms with van der Waals surface area (Å²) >= 11 is 0. The number of fused-ring (bicyclic) bond motifs is 1. The second-order valence-electron chi connectivity index (χ2n) is 6.35. The highest BCUT2D eigenvalue weighted by Gasteiger charge is 2.31. The minimum atomic E-state index is -0.450. The van der Waals surface area contributed by atoms with E-state index in [0.29, 0.717) is 5.69 Å². The van der Waals surface area contributed by atoms with Gasteiger partial charge in [0.2, 0.25) is 0 Å². The summed E-state index contributed by atoms with van der Waals surface area (Å²) in [6.45, 7) is 0.828. The molecule has 1 aromatic heterocycles. The van der Waals surface area contributed by atoms with Crippen molar-refractivity contribution in [2.75, 3.05) is 11.4 Å². The van der Waals surface area contributed by atoms with E-state index in [9.17, 15) is 9.65 Å². The minimum absolute atomic E-state index is 0.106. The molecule has 1 N–H and O–H groups in total. The molecule has 0 radical (unpaired) electrons. The van der Waals surface area contributed by atoms with Crippen LogP contribution in [0.1, 0.15) is 54.5 Å². The molecule has 0 saturated carbocycles. The number of nitrogens with zero attached hydrogens (tertiary/aromatic N) is 3. The van der Waals surface area contributed by atoms with Gasteiger partial charge in [-0.25, -0.2) is 9.37 Å². The number of hydrogen-bond donors (Lipinski definition) is 1. The smallest absolute Gasteiger partial charge is 0.143 e. The zero-order valence-electron chi connectivity index (χ0n) is 13.0. The maximum absolute atomic E-state index is 13.9. The number of imidazole rings is 1. The van der Waals surface area contributed by atoms with Gasteiger partial charge in [-0.15, -0.1) is 0 Å². The van der Waals surface area contributed by atoms with Crippen molar-refractivity contribution in [3.63, 3.8) is 0 Å². The van der Waals surface area contributed by atoms with Gasteiger partial charge in [0.05, 0.1) is 17.4 Å². The summed E-state index contributed by atoms with van der Waals surface area (Å²) in [5, 5.41) is 9.31. The fraction of sp³-hybridized carbons (Fsp3) is 0.444. The molecule has 1 saturated heterocycles. The standard InChI is InChI=1S/C18H19FN4/c19-13-5-3-8-16(12(13)11-20)23-10-4-9-17(23)18-21-14-6-1-2-7-15(14)22-18/h3,5,8,17H,1-2,4,6-7,9-10H2,(H,21,22)/t17-/m1/s1. The first-order valence-electron chi connectivity index (χ1n) is 8.31. The van der Waals surface area contributed by atoms with Crippen molar-refractivity contribution in [2.45, 2.75) is 44.6 Å². The summed E-state index contributed by atoms with van der Waals surface area (Å²) in [7, 11) is 0. The van der Waals surface area contributed by atoms with E-state index < -0.39 is 5.82 Å². The summed E-state index contributed by atoms with van der Waals surface area (Å²) in [6, 6.07) is 6.98. The van der Waals surface area contributed by atoms with Gasteiger partial charge in [0.25, 0.3) is 0 Å². The number of aromatic nitrogens is 2. The van der Waals surface area contributed by atoms with E-state index in [0.717, 1.165) is 38.1 Å². The minimum Gasteiger partial charge on any atom is -0.360 e. The Labute approximate surface area is 135 Å². The predicted octanol–water partition coefficient (Wildman–Crippen LogP) is 3.64. The van der Waals surface area contributed by atoms with Gasteiger partial charge < -0.3 is 9.88 Å². The van der Waals surface area contributed by atoms with Crippen LogP contribution in [0.5, 0.6) is 0 Å². The van der Waals surface area contributed by atoms with Crippen molar-refractivity contribution in [3.8, 4) is 6.07 Å². The molecule has 1 atom stereocenters. The van der Waals surface area contributed by atoms with Crippen molar-refractivity contribution in [2.24, 2.45) is 0 Å². The SMILES string of the molecule is N#Cc1c(F)cccc1N1CCC[C@@H]1c1nc2c([nH]1)CCCC2. The number of benzene rings is 1. The molecular weight excluding hydrogens is 291 g/mol. The molecule has 4 nitrogen and oxygen atoms in total. The first kappa shape index (κ1) is 14.3. The zero-order chi connectivity index (χ0) is 15.8. The lowest BCUT2D eigenvalue weighted by Gasteiger charge is -2.26. The van der Waals surface area contributed by atoms with Gasteiger partial charge >= 0.3 is 0 Å². The fourth-order valence-electron chi connectivity index (χ4n) is 3.84. The predicted molar refractivity (Wildman–Crippen MR) is 85.7 cm³/mol. The molecule has 5 heteroatoms. The Hall–Kier alpha value is -2.35. The van der Waals surface area contributed by atoms with E-state index in [1.807, 2.05) is 12.1 Å². The van der Waals surface area contributed by atoms with E-state index >= 15 is 0 Å². The molecule has 1 aliphatic heterocycles. The molecule has 4 rings (SSSR count). The number of hydrogen-bond acceptors (Lipinski definition) is 3. The Morgan fingerprint density at radius 2 is 2.13 bits per heavy atom. The summed E-state index contributed by atoms with van der Waals surface area (Å²) < 4.78 is 13.9. The third kappa shape index (κ3) is 2.39. The number of halogens is 1. The van der Waals surface area contributed by atoms with Crippen LogP contribution in [0.15, 0.2) is 18.2 Å². The fourth-order valence-corrected chi connectivity index (χ4v) is 3.84. The quantitative estimate of drug-likeness (QED) is 0.921. The normalized spacial score (nSPS) is 20.3. The van der Waals surface area contributed by atoms with Crippen LogP contribution in [-0.2, 0) is 12.8 Å². The Balaban J connectivity index is 1.71. The van der Waals surface area contributed by atoms with Crippen LogP contribution in [0.4, 0.5) is 10.1 Å². The molecule has 1 aliphatic carbocycles. The summed E-state index contributed by atoms with van der Waals surface area (Å²) in [5.41, 5.74) is 3.27. The van der Waals surface area contributed by atoms with Gasteiger partial charge in [0.15, 0.2) is 0 Å². The highest BCUT2D eigenvalue weighted by atomic mass is 19.1. The lowest BCUT2D eigenvalue weighted by Crippen LogP contribution is -2.24. The number of anilines is 1. The molecule has 118 valence electrons. The molecule has 2 aliphatic rings. The molecule has 2 aromatic rings. The lowest BCUT2D eigenvalue weighted by molar-refractivity contribution is 0.619. The molecule has 23 heavy (non-hydrogen) atoms. The molecule has 2 heterocycles. The molecule has 0 amide bonds. The van der Waals surface area contributed by atoms with Crippen LogP contribution in [0.2, 0.25) is 0 Å². The van der Waals surface area contributed by atoms with E-state index in [1.54, 1.807) is 6.07 Å². The van der Waals surface area contributed by atoms with Gasteiger partial charge in [-0.05, 0) is 50.7 Å². The average molecular weight is 310 g/mol. The highest BCUT2D eigenvalue weighted by Crippen LogP contribution is 2.37. The number of rotatable bonds is 2. The largest absolute Gasteiger partial charge is 0.360 e. The van der Waals surface area contributed by atoms with E-state index in [-0.39, 0.29) is 11.6 Å². The number of H-pyrrole nitrogens is 1. The van der Waals surface area contributed by atoms with Gasteiger partial charge in [-0.2, -0.15) is 5.26 Å². The third-order valence-electron chi connectivity index (χ3n) is 4.95. The maximum Gasteiger partial charge on any atom is 0.143 e. The monoisotopic (exact) mass is 310 g/mol. The Morgan fingerprint density at radius 3 is 2.96 bits per heavy atom. The van der Waals surface area contributed by atoms with Gasteiger partial charge in [0, 0.05) is 12.2 Å². The first-order chi connectivity index (χ1) is 11.3. The Bertz CT molecular complexity index is 750. The van der Waals surface area contributed by atoms with Crippen molar-refractivity contribution in [1.82, 2.24) is 9.97 Å². The van der Waals surface area contributed by atoms with Crippen LogP contribution in [0.3, 0.4) is 0 Å². The molecule has 0 spiro atoms. The highest BCUT2D eigenvalue weighted by molar-refractivity contribution is 5.61. The number of aromatic amines is 1. The van der Waals surface area contributed by atoms with Gasteiger partial charge in [-0.1, -0.05) is 6.07 Å². The average Bonchev–Trinajstić information content (AvgIpc) is 3.20. The van der Waals surface area contributed by atoms with E-state index in [1.165, 1.54) is 30.3 Å². The van der Waals surface area contributed by atoms with Crippen LogP contribution >= 0.6 is 0 Å².